The molecule has 2 aromatic rings. The van der Waals surface area contributed by atoms with Crippen LogP contribution in [-0.2, 0) is 7.05 Å². The molecule has 0 fully saturated rings. The Labute approximate surface area is 103 Å². The van der Waals surface area contributed by atoms with Crippen LogP contribution in [0.15, 0.2) is 23.5 Å². The summed E-state index contributed by atoms with van der Waals surface area (Å²) in [6.45, 7) is 1.85. The highest BCUT2D eigenvalue weighted by atomic mass is 16.5. The molecule has 0 aliphatic carbocycles. The summed E-state index contributed by atoms with van der Waals surface area (Å²) in [5.74, 6) is 0.396. The number of ether oxygens (including phenoxy) is 1. The van der Waals surface area contributed by atoms with Crippen molar-refractivity contribution >= 4 is 5.84 Å². The molecule has 0 aliphatic heterocycles. The van der Waals surface area contributed by atoms with E-state index in [1.807, 2.05) is 6.92 Å². The van der Waals surface area contributed by atoms with Gasteiger partial charge in [-0.3, -0.25) is 0 Å². The summed E-state index contributed by atoms with van der Waals surface area (Å²) in [4.78, 5) is 7.93. The van der Waals surface area contributed by atoms with Crippen molar-refractivity contribution < 1.29 is 9.94 Å². The maximum atomic E-state index is 8.56. The Hall–Kier alpha value is -2.64. The smallest absolute Gasteiger partial charge is 0.323 e. The van der Waals surface area contributed by atoms with Crippen molar-refractivity contribution in [2.45, 2.75) is 6.92 Å². The van der Waals surface area contributed by atoms with Crippen LogP contribution in [0.2, 0.25) is 0 Å². The van der Waals surface area contributed by atoms with Crippen molar-refractivity contribution in [1.82, 2.24) is 19.7 Å². The lowest BCUT2D eigenvalue weighted by Gasteiger charge is -2.04. The highest BCUT2D eigenvalue weighted by Gasteiger charge is 2.08. The van der Waals surface area contributed by atoms with Crippen molar-refractivity contribution in [2.75, 3.05) is 0 Å². The molecule has 0 bridgehead atoms. The Morgan fingerprint density at radius 2 is 2.33 bits per heavy atom. The molecule has 0 radical (unpaired) electrons. The van der Waals surface area contributed by atoms with Crippen LogP contribution in [-0.4, -0.2) is 30.8 Å². The lowest BCUT2D eigenvalue weighted by Crippen LogP contribution is -2.15. The van der Waals surface area contributed by atoms with E-state index < -0.39 is 0 Å². The van der Waals surface area contributed by atoms with Gasteiger partial charge < -0.3 is 15.7 Å². The van der Waals surface area contributed by atoms with E-state index in [1.54, 1.807) is 17.8 Å². The standard InChI is InChI=1S/C10H12N6O2/c1-6-5-8(16(2)14-6)18-10-12-4-3-7(13-10)9(11)15-17/h3-5,17H,1-2H3,(H2,11,15). The Morgan fingerprint density at radius 3 is 2.94 bits per heavy atom. The molecule has 3 N–H and O–H groups in total. The third kappa shape index (κ3) is 2.37. The fraction of sp³-hybridized carbons (Fsp3) is 0.200. The molecule has 2 rings (SSSR count). The second-order valence-electron chi connectivity index (χ2n) is 3.56. The minimum atomic E-state index is -0.108. The molecular formula is C10H12N6O2. The normalized spacial score (nSPS) is 11.6. The first-order valence-electron chi connectivity index (χ1n) is 5.09. The van der Waals surface area contributed by atoms with Gasteiger partial charge in [0, 0.05) is 19.3 Å². The lowest BCUT2D eigenvalue weighted by atomic mass is 10.4. The van der Waals surface area contributed by atoms with Crippen LogP contribution in [0.1, 0.15) is 11.4 Å². The van der Waals surface area contributed by atoms with Crippen LogP contribution >= 0.6 is 0 Å². The highest BCUT2D eigenvalue weighted by molar-refractivity contribution is 5.95. The number of nitrogens with two attached hydrogens (primary N) is 1. The monoisotopic (exact) mass is 248 g/mol. The second-order valence-corrected chi connectivity index (χ2v) is 3.56. The maximum Gasteiger partial charge on any atom is 0.323 e. The number of aryl methyl sites for hydroxylation is 2. The van der Waals surface area contributed by atoms with E-state index >= 15 is 0 Å². The zero-order valence-corrected chi connectivity index (χ0v) is 9.90. The number of hydrogen-bond acceptors (Lipinski definition) is 6. The number of rotatable bonds is 3. The molecule has 0 saturated carbocycles. The van der Waals surface area contributed by atoms with Crippen LogP contribution in [0, 0.1) is 6.92 Å². The van der Waals surface area contributed by atoms with Gasteiger partial charge in [-0.1, -0.05) is 5.16 Å². The van der Waals surface area contributed by atoms with Crippen molar-refractivity contribution in [3.05, 3.63) is 29.7 Å². The van der Waals surface area contributed by atoms with Gasteiger partial charge >= 0.3 is 6.01 Å². The fourth-order valence-electron chi connectivity index (χ4n) is 1.36. The minimum Gasteiger partial charge on any atom is -0.409 e. The van der Waals surface area contributed by atoms with E-state index in [1.165, 1.54) is 12.3 Å². The molecule has 94 valence electrons. The average Bonchev–Trinajstić information content (AvgIpc) is 2.67. The summed E-state index contributed by atoms with van der Waals surface area (Å²) in [6, 6.07) is 3.36. The first kappa shape index (κ1) is 11.8. The predicted octanol–water partition coefficient (Wildman–Crippen LogP) is 0.405. The largest absolute Gasteiger partial charge is 0.409 e. The number of amidine groups is 1. The van der Waals surface area contributed by atoms with Gasteiger partial charge in [0.2, 0.25) is 5.88 Å². The molecule has 0 saturated heterocycles. The van der Waals surface area contributed by atoms with Crippen molar-refractivity contribution in [2.24, 2.45) is 17.9 Å². The quantitative estimate of drug-likeness (QED) is 0.352. The molecule has 18 heavy (non-hydrogen) atoms. The van der Waals surface area contributed by atoms with Gasteiger partial charge in [0.1, 0.15) is 5.69 Å². The van der Waals surface area contributed by atoms with Gasteiger partial charge in [0.05, 0.1) is 5.69 Å². The van der Waals surface area contributed by atoms with E-state index in [-0.39, 0.29) is 17.5 Å². The molecule has 8 nitrogen and oxygen atoms in total. The van der Waals surface area contributed by atoms with E-state index in [0.717, 1.165) is 5.69 Å². The summed E-state index contributed by atoms with van der Waals surface area (Å²) >= 11 is 0. The Kier molecular flexibility index (Phi) is 3.09. The minimum absolute atomic E-state index is 0.0992. The molecule has 0 amide bonds. The highest BCUT2D eigenvalue weighted by Crippen LogP contribution is 2.17. The zero-order valence-electron chi connectivity index (χ0n) is 9.90. The van der Waals surface area contributed by atoms with Crippen LogP contribution < -0.4 is 10.5 Å². The van der Waals surface area contributed by atoms with Crippen molar-refractivity contribution in [3.63, 3.8) is 0 Å². The number of oxime groups is 1. The van der Waals surface area contributed by atoms with Crippen LogP contribution in [0.5, 0.6) is 11.9 Å². The number of nitrogens with zero attached hydrogens (tertiary/aromatic N) is 5. The SMILES string of the molecule is Cc1cc(Oc2nccc(/C(N)=N/O)n2)n(C)n1. The first-order chi connectivity index (χ1) is 8.60. The third-order valence-electron chi connectivity index (χ3n) is 2.16. The van der Waals surface area contributed by atoms with Gasteiger partial charge in [0.15, 0.2) is 5.84 Å². The van der Waals surface area contributed by atoms with Crippen LogP contribution in [0.3, 0.4) is 0 Å². The molecule has 0 aliphatic rings. The molecule has 8 heteroatoms. The number of hydrogen-bond donors (Lipinski definition) is 2. The molecule has 2 aromatic heterocycles. The topological polar surface area (TPSA) is 111 Å². The Bertz CT molecular complexity index is 592. The predicted molar refractivity (Wildman–Crippen MR) is 62.6 cm³/mol. The average molecular weight is 248 g/mol. The Balaban J connectivity index is 2.27. The molecule has 0 unspecified atom stereocenters. The van der Waals surface area contributed by atoms with E-state index in [0.29, 0.717) is 5.88 Å². The number of aromatic nitrogens is 4. The summed E-state index contributed by atoms with van der Waals surface area (Å²) in [5, 5.41) is 15.6. The molecule has 2 heterocycles. The van der Waals surface area contributed by atoms with Crippen molar-refractivity contribution in [1.29, 1.82) is 0 Å². The van der Waals surface area contributed by atoms with Crippen molar-refractivity contribution in [3.8, 4) is 11.9 Å². The zero-order chi connectivity index (χ0) is 13.1. The molecular weight excluding hydrogens is 236 g/mol. The summed E-state index contributed by atoms with van der Waals surface area (Å²) < 4.78 is 7.02. The van der Waals surface area contributed by atoms with E-state index in [4.69, 9.17) is 15.7 Å². The summed E-state index contributed by atoms with van der Waals surface area (Å²) in [7, 11) is 1.75. The molecule has 0 aromatic carbocycles. The summed E-state index contributed by atoms with van der Waals surface area (Å²) in [6.07, 6.45) is 1.46. The third-order valence-corrected chi connectivity index (χ3v) is 2.16. The van der Waals surface area contributed by atoms with Gasteiger partial charge in [-0.2, -0.15) is 10.1 Å². The molecule has 0 atom stereocenters. The van der Waals surface area contributed by atoms with Crippen LogP contribution in [0.25, 0.3) is 0 Å². The second kappa shape index (κ2) is 4.70. The fourth-order valence-corrected chi connectivity index (χ4v) is 1.36. The van der Waals surface area contributed by atoms with E-state index in [2.05, 4.69) is 20.2 Å². The maximum absolute atomic E-state index is 8.56. The van der Waals surface area contributed by atoms with Gasteiger partial charge in [-0.05, 0) is 13.0 Å². The molecule has 0 spiro atoms. The Morgan fingerprint density at radius 1 is 1.56 bits per heavy atom. The van der Waals surface area contributed by atoms with E-state index in [9.17, 15) is 0 Å². The lowest BCUT2D eigenvalue weighted by molar-refractivity contribution is 0.318. The first-order valence-corrected chi connectivity index (χ1v) is 5.09. The van der Waals surface area contributed by atoms with Gasteiger partial charge in [0.25, 0.3) is 0 Å². The summed E-state index contributed by atoms with van der Waals surface area (Å²) in [5.41, 5.74) is 6.53. The van der Waals surface area contributed by atoms with Gasteiger partial charge in [-0.15, -0.1) is 0 Å². The van der Waals surface area contributed by atoms with Gasteiger partial charge in [-0.25, -0.2) is 9.67 Å². The van der Waals surface area contributed by atoms with Crippen LogP contribution in [0.4, 0.5) is 0 Å².